The van der Waals surface area contributed by atoms with E-state index in [4.69, 9.17) is 5.73 Å². The van der Waals surface area contributed by atoms with Crippen LogP contribution in [-0.4, -0.2) is 15.8 Å². The molecule has 1 atom stereocenters. The first-order valence-corrected chi connectivity index (χ1v) is 5.50. The van der Waals surface area contributed by atoms with Crippen molar-refractivity contribution in [1.82, 2.24) is 9.78 Å². The van der Waals surface area contributed by atoms with Crippen LogP contribution in [-0.2, 0) is 13.5 Å². The van der Waals surface area contributed by atoms with Crippen molar-refractivity contribution < 1.29 is 0 Å². The van der Waals surface area contributed by atoms with Gasteiger partial charge in [-0.25, -0.2) is 0 Å². The molecular formula is C11H19N3. The zero-order chi connectivity index (χ0) is 9.97. The van der Waals surface area contributed by atoms with Gasteiger partial charge < -0.3 is 5.73 Å². The summed E-state index contributed by atoms with van der Waals surface area (Å²) in [5, 5.41) is 4.15. The van der Waals surface area contributed by atoms with E-state index in [1.807, 2.05) is 17.9 Å². The third-order valence-electron chi connectivity index (χ3n) is 3.41. The van der Waals surface area contributed by atoms with E-state index in [0.29, 0.717) is 6.04 Å². The van der Waals surface area contributed by atoms with Crippen molar-refractivity contribution in [2.75, 3.05) is 0 Å². The highest BCUT2D eigenvalue weighted by atomic mass is 15.2. The van der Waals surface area contributed by atoms with Crippen LogP contribution in [0.25, 0.3) is 0 Å². The van der Waals surface area contributed by atoms with Crippen LogP contribution in [0, 0.1) is 5.92 Å². The van der Waals surface area contributed by atoms with Gasteiger partial charge in [0.1, 0.15) is 0 Å². The Labute approximate surface area is 85.3 Å². The van der Waals surface area contributed by atoms with Gasteiger partial charge in [-0.05, 0) is 37.7 Å². The fourth-order valence-electron chi connectivity index (χ4n) is 2.06. The van der Waals surface area contributed by atoms with Crippen LogP contribution in [0.4, 0.5) is 0 Å². The molecule has 78 valence electrons. The van der Waals surface area contributed by atoms with Gasteiger partial charge in [-0.15, -0.1) is 0 Å². The van der Waals surface area contributed by atoms with E-state index < -0.39 is 0 Å². The van der Waals surface area contributed by atoms with Crippen molar-refractivity contribution in [3.05, 3.63) is 18.0 Å². The minimum absolute atomic E-state index is 0.402. The fourth-order valence-corrected chi connectivity index (χ4v) is 2.06. The smallest absolute Gasteiger partial charge is 0.0492 e. The molecule has 3 heteroatoms. The van der Waals surface area contributed by atoms with Gasteiger partial charge in [0.15, 0.2) is 0 Å². The Hall–Kier alpha value is -0.830. The Bertz CT molecular complexity index is 288. The molecule has 0 saturated heterocycles. The summed E-state index contributed by atoms with van der Waals surface area (Å²) in [6.45, 7) is 0. The molecule has 1 aromatic rings. The molecule has 1 fully saturated rings. The number of rotatable bonds is 4. The lowest BCUT2D eigenvalue weighted by Gasteiger charge is -2.31. The molecule has 0 amide bonds. The number of nitrogens with two attached hydrogens (primary N) is 1. The van der Waals surface area contributed by atoms with Gasteiger partial charge in [0, 0.05) is 25.0 Å². The van der Waals surface area contributed by atoms with E-state index >= 15 is 0 Å². The van der Waals surface area contributed by atoms with Crippen molar-refractivity contribution in [3.8, 4) is 0 Å². The fraction of sp³-hybridized carbons (Fsp3) is 0.727. The molecule has 14 heavy (non-hydrogen) atoms. The predicted molar refractivity (Wildman–Crippen MR) is 56.8 cm³/mol. The monoisotopic (exact) mass is 193 g/mol. The average Bonchev–Trinajstić information content (AvgIpc) is 2.44. The maximum Gasteiger partial charge on any atom is 0.0492 e. The van der Waals surface area contributed by atoms with E-state index in [9.17, 15) is 0 Å². The lowest BCUT2D eigenvalue weighted by atomic mass is 9.78. The standard InChI is InChI=1S/C11H19N3/c1-14-10(7-8-13-14)5-6-11(12)9-3-2-4-9/h7-9,11H,2-6,12H2,1H3. The van der Waals surface area contributed by atoms with E-state index in [1.54, 1.807) is 0 Å². The lowest BCUT2D eigenvalue weighted by Crippen LogP contribution is -2.34. The number of hydrogen-bond donors (Lipinski definition) is 1. The molecule has 1 aromatic heterocycles. The van der Waals surface area contributed by atoms with Crippen molar-refractivity contribution in [2.45, 2.75) is 38.1 Å². The Morgan fingerprint density at radius 2 is 2.43 bits per heavy atom. The Morgan fingerprint density at radius 1 is 1.64 bits per heavy atom. The van der Waals surface area contributed by atoms with Crippen LogP contribution >= 0.6 is 0 Å². The summed E-state index contributed by atoms with van der Waals surface area (Å²) < 4.78 is 1.94. The van der Waals surface area contributed by atoms with Gasteiger partial charge in [-0.2, -0.15) is 5.10 Å². The van der Waals surface area contributed by atoms with E-state index in [1.165, 1.54) is 25.0 Å². The predicted octanol–water partition coefficient (Wildman–Crippen LogP) is 1.48. The highest BCUT2D eigenvalue weighted by Gasteiger charge is 2.23. The van der Waals surface area contributed by atoms with Gasteiger partial charge in [0.05, 0.1) is 0 Å². The zero-order valence-corrected chi connectivity index (χ0v) is 8.82. The Kier molecular flexibility index (Phi) is 2.87. The summed E-state index contributed by atoms with van der Waals surface area (Å²) in [5.74, 6) is 0.795. The Morgan fingerprint density at radius 3 is 2.93 bits per heavy atom. The summed E-state index contributed by atoms with van der Waals surface area (Å²) in [6, 6.07) is 2.48. The van der Waals surface area contributed by atoms with Gasteiger partial charge in [-0.1, -0.05) is 6.42 Å². The first-order chi connectivity index (χ1) is 6.77. The summed E-state index contributed by atoms with van der Waals surface area (Å²) >= 11 is 0. The molecule has 1 heterocycles. The normalized spacial score (nSPS) is 19.3. The van der Waals surface area contributed by atoms with E-state index in [2.05, 4.69) is 11.2 Å². The summed E-state index contributed by atoms with van der Waals surface area (Å²) in [5.41, 5.74) is 7.41. The average molecular weight is 193 g/mol. The molecule has 1 saturated carbocycles. The Balaban J connectivity index is 1.79. The third kappa shape index (κ3) is 1.98. The van der Waals surface area contributed by atoms with Gasteiger partial charge in [-0.3, -0.25) is 4.68 Å². The minimum Gasteiger partial charge on any atom is -0.327 e. The molecule has 3 nitrogen and oxygen atoms in total. The maximum absolute atomic E-state index is 6.12. The summed E-state index contributed by atoms with van der Waals surface area (Å²) in [6.07, 6.45) is 8.08. The second-order valence-corrected chi connectivity index (χ2v) is 4.34. The third-order valence-corrected chi connectivity index (χ3v) is 3.41. The largest absolute Gasteiger partial charge is 0.327 e. The molecule has 1 unspecified atom stereocenters. The summed E-state index contributed by atoms with van der Waals surface area (Å²) in [7, 11) is 1.99. The highest BCUT2D eigenvalue weighted by Crippen LogP contribution is 2.30. The molecule has 0 bridgehead atoms. The molecular weight excluding hydrogens is 174 g/mol. The van der Waals surface area contributed by atoms with Crippen LogP contribution < -0.4 is 5.73 Å². The number of aromatic nitrogens is 2. The molecule has 1 aliphatic rings. The van der Waals surface area contributed by atoms with Gasteiger partial charge >= 0.3 is 0 Å². The molecule has 0 radical (unpaired) electrons. The van der Waals surface area contributed by atoms with Crippen LogP contribution in [0.5, 0.6) is 0 Å². The zero-order valence-electron chi connectivity index (χ0n) is 8.82. The van der Waals surface area contributed by atoms with Crippen molar-refractivity contribution in [2.24, 2.45) is 18.7 Å². The van der Waals surface area contributed by atoms with Crippen LogP contribution in [0.15, 0.2) is 12.3 Å². The van der Waals surface area contributed by atoms with Crippen molar-refractivity contribution >= 4 is 0 Å². The first kappa shape index (κ1) is 9.71. The number of hydrogen-bond acceptors (Lipinski definition) is 2. The minimum atomic E-state index is 0.402. The van der Waals surface area contributed by atoms with Crippen molar-refractivity contribution in [1.29, 1.82) is 0 Å². The topological polar surface area (TPSA) is 43.8 Å². The lowest BCUT2D eigenvalue weighted by molar-refractivity contribution is 0.252. The molecule has 0 aromatic carbocycles. The molecule has 2 rings (SSSR count). The van der Waals surface area contributed by atoms with Crippen molar-refractivity contribution in [3.63, 3.8) is 0 Å². The number of nitrogens with zero attached hydrogens (tertiary/aromatic N) is 2. The van der Waals surface area contributed by atoms with Crippen LogP contribution in [0.1, 0.15) is 31.4 Å². The second kappa shape index (κ2) is 4.13. The number of aryl methyl sites for hydroxylation is 2. The highest BCUT2D eigenvalue weighted by molar-refractivity contribution is 5.00. The first-order valence-electron chi connectivity index (χ1n) is 5.50. The molecule has 0 aliphatic heterocycles. The quantitative estimate of drug-likeness (QED) is 0.787. The van der Waals surface area contributed by atoms with E-state index in [0.717, 1.165) is 18.8 Å². The molecule has 2 N–H and O–H groups in total. The van der Waals surface area contributed by atoms with Gasteiger partial charge in [0.25, 0.3) is 0 Å². The SMILES string of the molecule is Cn1nccc1CCC(N)C1CCC1. The second-order valence-electron chi connectivity index (χ2n) is 4.34. The van der Waals surface area contributed by atoms with Crippen LogP contribution in [0.2, 0.25) is 0 Å². The van der Waals surface area contributed by atoms with Crippen LogP contribution in [0.3, 0.4) is 0 Å². The maximum atomic E-state index is 6.12. The summed E-state index contributed by atoms with van der Waals surface area (Å²) in [4.78, 5) is 0. The van der Waals surface area contributed by atoms with E-state index in [-0.39, 0.29) is 0 Å². The van der Waals surface area contributed by atoms with Gasteiger partial charge in [0.2, 0.25) is 0 Å². The molecule has 0 spiro atoms. The molecule has 1 aliphatic carbocycles.